The summed E-state index contributed by atoms with van der Waals surface area (Å²) in [5, 5.41) is 2.81. The number of ether oxygens (including phenoxy) is 1. The lowest BCUT2D eigenvalue weighted by Gasteiger charge is -2.26. The Morgan fingerprint density at radius 1 is 1.44 bits per heavy atom. The molecule has 0 bridgehead atoms. The molecule has 3 aromatic heterocycles. The van der Waals surface area contributed by atoms with Crippen molar-refractivity contribution in [3.05, 3.63) is 38.9 Å². The maximum atomic E-state index is 12.9. The quantitative estimate of drug-likeness (QED) is 0.468. The average Bonchev–Trinajstić information content (AvgIpc) is 3.28. The van der Waals surface area contributed by atoms with E-state index in [1.807, 2.05) is 51.3 Å². The van der Waals surface area contributed by atoms with E-state index >= 15 is 0 Å². The lowest BCUT2D eigenvalue weighted by Crippen LogP contribution is -2.36. The summed E-state index contributed by atoms with van der Waals surface area (Å²) in [5.41, 5.74) is 1.42. The number of aromatic nitrogens is 1. The zero-order chi connectivity index (χ0) is 19.6. The Hall–Kier alpha value is -2.14. The van der Waals surface area contributed by atoms with Crippen molar-refractivity contribution in [2.75, 3.05) is 4.90 Å². The Balaban J connectivity index is 2.04. The molecule has 0 saturated carbocycles. The van der Waals surface area contributed by atoms with Crippen molar-refractivity contribution in [2.24, 2.45) is 0 Å². The molecule has 0 radical (unpaired) electrons. The van der Waals surface area contributed by atoms with E-state index in [0.29, 0.717) is 6.54 Å². The number of anilines is 1. The molecular formula is C20H20N2O2S3. The van der Waals surface area contributed by atoms with Crippen LogP contribution in [0.1, 0.15) is 36.1 Å². The van der Waals surface area contributed by atoms with Crippen LogP contribution in [0.4, 0.5) is 9.80 Å². The highest BCUT2D eigenvalue weighted by Gasteiger charge is 2.28. The molecule has 7 heteroatoms. The van der Waals surface area contributed by atoms with Gasteiger partial charge in [0.2, 0.25) is 0 Å². The minimum absolute atomic E-state index is 0.367. The molecule has 0 spiro atoms. The van der Waals surface area contributed by atoms with Crippen molar-refractivity contribution in [1.82, 2.24) is 4.37 Å². The first kappa shape index (κ1) is 19.6. The fourth-order valence-electron chi connectivity index (χ4n) is 2.46. The second-order valence-corrected chi connectivity index (χ2v) is 9.74. The Labute approximate surface area is 171 Å². The first-order chi connectivity index (χ1) is 12.8. The number of thiophene rings is 2. The van der Waals surface area contributed by atoms with Crippen LogP contribution in [0.3, 0.4) is 0 Å². The van der Waals surface area contributed by atoms with Crippen LogP contribution >= 0.6 is 34.2 Å². The van der Waals surface area contributed by atoms with Gasteiger partial charge < -0.3 is 4.74 Å². The number of carbonyl (C=O) groups is 1. The molecule has 3 aromatic rings. The third kappa shape index (κ3) is 4.41. The number of amides is 1. The van der Waals surface area contributed by atoms with E-state index in [4.69, 9.17) is 11.2 Å². The van der Waals surface area contributed by atoms with Crippen LogP contribution in [-0.2, 0) is 11.3 Å². The van der Waals surface area contributed by atoms with Crippen molar-refractivity contribution in [3.63, 3.8) is 0 Å². The largest absolute Gasteiger partial charge is 0.443 e. The molecule has 27 heavy (non-hydrogen) atoms. The summed E-state index contributed by atoms with van der Waals surface area (Å²) in [4.78, 5) is 16.8. The molecule has 3 rings (SSSR count). The minimum Gasteiger partial charge on any atom is -0.443 e. The predicted octanol–water partition coefficient (Wildman–Crippen LogP) is 6.32. The first-order valence-electron chi connectivity index (χ1n) is 8.34. The highest BCUT2D eigenvalue weighted by atomic mass is 32.1. The Bertz CT molecular complexity index is 1010. The third-order valence-corrected chi connectivity index (χ3v) is 6.77. The van der Waals surface area contributed by atoms with Gasteiger partial charge in [-0.15, -0.1) is 29.1 Å². The lowest BCUT2D eigenvalue weighted by molar-refractivity contribution is 0.0579. The number of allylic oxidation sites excluding steroid dienone is 1. The minimum atomic E-state index is -0.569. The monoisotopic (exact) mass is 416 g/mol. The van der Waals surface area contributed by atoms with Crippen LogP contribution in [0.2, 0.25) is 0 Å². The molecular weight excluding hydrogens is 396 g/mol. The maximum Gasteiger partial charge on any atom is 0.415 e. The second-order valence-electron chi connectivity index (χ2n) is 6.90. The molecule has 0 atom stereocenters. The van der Waals surface area contributed by atoms with Gasteiger partial charge in [0.15, 0.2) is 0 Å². The van der Waals surface area contributed by atoms with E-state index in [0.717, 1.165) is 30.5 Å². The van der Waals surface area contributed by atoms with Gasteiger partial charge in [0.05, 0.1) is 11.2 Å². The van der Waals surface area contributed by atoms with E-state index < -0.39 is 5.60 Å². The van der Waals surface area contributed by atoms with Gasteiger partial charge in [-0.05, 0) is 68.4 Å². The number of carbonyl (C=O) groups excluding carboxylic acids is 1. The van der Waals surface area contributed by atoms with Gasteiger partial charge in [0, 0.05) is 9.75 Å². The van der Waals surface area contributed by atoms with Crippen molar-refractivity contribution in [2.45, 2.75) is 39.8 Å². The highest BCUT2D eigenvalue weighted by molar-refractivity contribution is 7.25. The molecule has 140 valence electrons. The Kier molecular flexibility index (Phi) is 5.70. The molecule has 0 unspecified atom stereocenters. The first-order valence-corrected chi connectivity index (χ1v) is 10.8. The summed E-state index contributed by atoms with van der Waals surface area (Å²) in [6.07, 6.45) is 8.56. The van der Waals surface area contributed by atoms with Gasteiger partial charge >= 0.3 is 6.09 Å². The summed E-state index contributed by atoms with van der Waals surface area (Å²) in [6.45, 7) is 8.09. The van der Waals surface area contributed by atoms with Gasteiger partial charge in [0.25, 0.3) is 0 Å². The van der Waals surface area contributed by atoms with E-state index in [1.54, 1.807) is 33.6 Å². The fourth-order valence-corrected chi connectivity index (χ4v) is 5.37. The number of rotatable bonds is 4. The van der Waals surface area contributed by atoms with Crippen LogP contribution in [0, 0.1) is 19.3 Å². The van der Waals surface area contributed by atoms with Gasteiger partial charge in [-0.1, -0.05) is 12.0 Å². The molecule has 0 saturated heterocycles. The number of hydrogen-bond acceptors (Lipinski definition) is 6. The van der Waals surface area contributed by atoms with Crippen molar-refractivity contribution >= 4 is 61.6 Å². The molecule has 0 aliphatic heterocycles. The van der Waals surface area contributed by atoms with E-state index in [1.165, 1.54) is 11.5 Å². The molecule has 4 nitrogen and oxygen atoms in total. The topological polar surface area (TPSA) is 42.4 Å². The smallest absolute Gasteiger partial charge is 0.415 e. The van der Waals surface area contributed by atoms with Crippen molar-refractivity contribution in [3.8, 4) is 12.3 Å². The second kappa shape index (κ2) is 7.85. The molecule has 0 aromatic carbocycles. The van der Waals surface area contributed by atoms with E-state index in [-0.39, 0.29) is 6.09 Å². The Morgan fingerprint density at radius 3 is 2.85 bits per heavy atom. The Morgan fingerprint density at radius 2 is 2.22 bits per heavy atom. The average molecular weight is 417 g/mol. The summed E-state index contributed by atoms with van der Waals surface area (Å²) >= 11 is 4.53. The standard InChI is InChI=1S/C20H20N2O2S3/c1-6-7-10-15-13(2)16-17(26-15)18(27-21-16)22(12-14-9-8-11-25-14)19(23)24-20(3,4)5/h1,7-11H,12H2,2-5H3/b10-7-. The van der Waals surface area contributed by atoms with Crippen LogP contribution in [-0.4, -0.2) is 16.1 Å². The molecule has 1 amide bonds. The molecule has 0 aliphatic carbocycles. The highest BCUT2D eigenvalue weighted by Crippen LogP contribution is 2.42. The summed E-state index contributed by atoms with van der Waals surface area (Å²) in [5.74, 6) is 2.52. The number of hydrogen-bond donors (Lipinski definition) is 0. The number of fused-ring (bicyclic) bond motifs is 1. The zero-order valence-corrected chi connectivity index (χ0v) is 18.1. The SMILES string of the molecule is C#C/C=C\c1sc2c(N(Cc3cccs3)C(=O)OC(C)(C)C)snc2c1C. The molecule has 0 N–H and O–H groups in total. The number of nitrogens with zero attached hydrogens (tertiary/aromatic N) is 2. The van der Waals surface area contributed by atoms with Gasteiger partial charge in [-0.3, -0.25) is 4.90 Å². The predicted molar refractivity (Wildman–Crippen MR) is 117 cm³/mol. The lowest BCUT2D eigenvalue weighted by atomic mass is 10.2. The normalized spacial score (nSPS) is 11.8. The van der Waals surface area contributed by atoms with Gasteiger partial charge in [0.1, 0.15) is 16.1 Å². The van der Waals surface area contributed by atoms with E-state index in [9.17, 15) is 4.79 Å². The number of aryl methyl sites for hydroxylation is 1. The van der Waals surface area contributed by atoms with Crippen molar-refractivity contribution < 1.29 is 9.53 Å². The summed E-state index contributed by atoms with van der Waals surface area (Å²) < 4.78 is 11.2. The van der Waals surface area contributed by atoms with Gasteiger partial charge in [-0.25, -0.2) is 4.79 Å². The number of terminal acetylenes is 1. The summed E-state index contributed by atoms with van der Waals surface area (Å²) in [6, 6.07) is 3.99. The third-order valence-electron chi connectivity index (χ3n) is 3.65. The van der Waals surface area contributed by atoms with Crippen LogP contribution in [0.25, 0.3) is 16.3 Å². The fraction of sp³-hybridized carbons (Fsp3) is 0.300. The molecule has 0 aliphatic rings. The van der Waals surface area contributed by atoms with Crippen LogP contribution in [0.5, 0.6) is 0 Å². The molecule has 0 fully saturated rings. The molecule has 3 heterocycles. The van der Waals surface area contributed by atoms with E-state index in [2.05, 4.69) is 10.3 Å². The maximum absolute atomic E-state index is 12.9. The van der Waals surface area contributed by atoms with Gasteiger partial charge in [-0.2, -0.15) is 4.37 Å². The van der Waals surface area contributed by atoms with Crippen LogP contribution in [0.15, 0.2) is 23.6 Å². The summed E-state index contributed by atoms with van der Waals surface area (Å²) in [7, 11) is 0. The van der Waals surface area contributed by atoms with Crippen LogP contribution < -0.4 is 4.90 Å². The van der Waals surface area contributed by atoms with Crippen molar-refractivity contribution in [1.29, 1.82) is 0 Å². The zero-order valence-electron chi connectivity index (χ0n) is 15.6.